The molecule has 1 N–H and O–H groups in total. The summed E-state index contributed by atoms with van der Waals surface area (Å²) in [6.45, 7) is 6.72. The van der Waals surface area contributed by atoms with Gasteiger partial charge in [-0.2, -0.15) is 0 Å². The SMILES string of the molecule is CCC[C@H](c1nnnn1CC(=O)OCC)N(Cc1cc2cccc(C)c2[nH]c1=O)C1CCCCC1. The molecule has 0 spiro atoms. The van der Waals surface area contributed by atoms with Crippen LogP contribution in [-0.2, 0) is 22.6 Å². The van der Waals surface area contributed by atoms with Crippen molar-refractivity contribution in [2.75, 3.05) is 6.61 Å². The van der Waals surface area contributed by atoms with E-state index in [4.69, 9.17) is 4.74 Å². The van der Waals surface area contributed by atoms with Crippen LogP contribution in [0.25, 0.3) is 10.9 Å². The van der Waals surface area contributed by atoms with Gasteiger partial charge in [-0.3, -0.25) is 14.5 Å². The van der Waals surface area contributed by atoms with Crippen LogP contribution in [0, 0.1) is 6.92 Å². The van der Waals surface area contributed by atoms with Gasteiger partial charge in [0.05, 0.1) is 18.2 Å². The van der Waals surface area contributed by atoms with Gasteiger partial charge in [-0.05, 0) is 60.6 Å². The van der Waals surface area contributed by atoms with E-state index in [0.29, 0.717) is 25.0 Å². The lowest BCUT2D eigenvalue weighted by Gasteiger charge is -2.39. The van der Waals surface area contributed by atoms with E-state index in [2.05, 4.69) is 32.3 Å². The molecule has 1 aromatic carbocycles. The smallest absolute Gasteiger partial charge is 0.327 e. The summed E-state index contributed by atoms with van der Waals surface area (Å²) in [4.78, 5) is 30.9. The van der Waals surface area contributed by atoms with Gasteiger partial charge in [0.1, 0.15) is 6.54 Å². The number of esters is 1. The molecular weight excluding hydrogens is 444 g/mol. The first kappa shape index (κ1) is 25.0. The van der Waals surface area contributed by atoms with Crippen LogP contribution in [0.1, 0.15) is 81.8 Å². The number of aromatic nitrogens is 5. The fourth-order valence-corrected chi connectivity index (χ4v) is 5.26. The van der Waals surface area contributed by atoms with Crippen LogP contribution in [-0.4, -0.2) is 48.7 Å². The minimum Gasteiger partial charge on any atom is -0.465 e. The molecular formula is C26H36N6O3. The average molecular weight is 481 g/mol. The van der Waals surface area contributed by atoms with Gasteiger partial charge in [-0.1, -0.05) is 50.8 Å². The number of fused-ring (bicyclic) bond motifs is 1. The highest BCUT2D eigenvalue weighted by atomic mass is 16.5. The lowest BCUT2D eigenvalue weighted by atomic mass is 9.91. The molecule has 1 aliphatic rings. The zero-order chi connectivity index (χ0) is 24.8. The highest BCUT2D eigenvalue weighted by molar-refractivity contribution is 5.81. The first-order valence-electron chi connectivity index (χ1n) is 12.8. The van der Waals surface area contributed by atoms with Gasteiger partial charge >= 0.3 is 5.97 Å². The minimum absolute atomic E-state index is 0.0231. The van der Waals surface area contributed by atoms with Gasteiger partial charge < -0.3 is 9.72 Å². The number of nitrogens with zero attached hydrogens (tertiary/aromatic N) is 5. The Morgan fingerprint density at radius 1 is 1.26 bits per heavy atom. The van der Waals surface area contributed by atoms with E-state index in [1.165, 1.54) is 19.3 Å². The number of pyridine rings is 1. The van der Waals surface area contributed by atoms with Crippen molar-refractivity contribution in [1.82, 2.24) is 30.1 Å². The normalized spacial score (nSPS) is 15.5. The summed E-state index contributed by atoms with van der Waals surface area (Å²) in [6, 6.07) is 8.29. The Kier molecular flexibility index (Phi) is 8.28. The number of aromatic amines is 1. The second-order valence-electron chi connectivity index (χ2n) is 9.43. The maximum absolute atomic E-state index is 13.2. The quantitative estimate of drug-likeness (QED) is 0.436. The van der Waals surface area contributed by atoms with Gasteiger partial charge in [-0.15, -0.1) is 5.10 Å². The first-order chi connectivity index (χ1) is 17.0. The zero-order valence-electron chi connectivity index (χ0n) is 21.0. The largest absolute Gasteiger partial charge is 0.465 e. The number of ether oxygens (including phenoxy) is 1. The molecule has 0 aliphatic heterocycles. The van der Waals surface area contributed by atoms with E-state index < -0.39 is 0 Å². The summed E-state index contributed by atoms with van der Waals surface area (Å²) in [5.74, 6) is 0.292. The molecule has 0 unspecified atom stereocenters. The van der Waals surface area contributed by atoms with Crippen molar-refractivity contribution in [2.45, 2.75) is 90.9 Å². The maximum atomic E-state index is 13.2. The summed E-state index contributed by atoms with van der Waals surface area (Å²) >= 11 is 0. The number of carbonyl (C=O) groups excluding carboxylic acids is 1. The van der Waals surface area contributed by atoms with Crippen LogP contribution in [0.4, 0.5) is 0 Å². The van der Waals surface area contributed by atoms with Crippen LogP contribution in [0.15, 0.2) is 29.1 Å². The Balaban J connectivity index is 1.72. The van der Waals surface area contributed by atoms with E-state index in [0.717, 1.165) is 47.7 Å². The molecule has 0 amide bonds. The molecule has 9 heteroatoms. The number of carbonyl (C=O) groups is 1. The molecule has 3 aromatic rings. The fraction of sp³-hybridized carbons (Fsp3) is 0.577. The topological polar surface area (TPSA) is 106 Å². The third kappa shape index (κ3) is 5.78. The zero-order valence-corrected chi connectivity index (χ0v) is 21.0. The Labute approximate surface area is 205 Å². The molecule has 2 aromatic heterocycles. The first-order valence-corrected chi connectivity index (χ1v) is 12.8. The third-order valence-corrected chi connectivity index (χ3v) is 6.97. The highest BCUT2D eigenvalue weighted by Gasteiger charge is 2.33. The molecule has 35 heavy (non-hydrogen) atoms. The van der Waals surface area contributed by atoms with E-state index in [-0.39, 0.29) is 24.1 Å². The summed E-state index contributed by atoms with van der Waals surface area (Å²) in [5, 5.41) is 13.4. The van der Waals surface area contributed by atoms with Crippen molar-refractivity contribution in [1.29, 1.82) is 0 Å². The molecule has 1 aliphatic carbocycles. The molecule has 0 saturated heterocycles. The van der Waals surface area contributed by atoms with Crippen molar-refractivity contribution < 1.29 is 9.53 Å². The number of aryl methyl sites for hydroxylation is 1. The van der Waals surface area contributed by atoms with E-state index in [9.17, 15) is 9.59 Å². The number of hydrogen-bond acceptors (Lipinski definition) is 7. The van der Waals surface area contributed by atoms with Crippen molar-refractivity contribution >= 4 is 16.9 Å². The summed E-state index contributed by atoms with van der Waals surface area (Å²) in [5.41, 5.74) is 2.61. The Bertz CT molecular complexity index is 1200. The van der Waals surface area contributed by atoms with Crippen LogP contribution >= 0.6 is 0 Å². The van der Waals surface area contributed by atoms with Crippen LogP contribution in [0.5, 0.6) is 0 Å². The van der Waals surface area contributed by atoms with Gasteiger partial charge in [0.25, 0.3) is 5.56 Å². The lowest BCUT2D eigenvalue weighted by Crippen LogP contribution is -2.41. The van der Waals surface area contributed by atoms with E-state index >= 15 is 0 Å². The van der Waals surface area contributed by atoms with Gasteiger partial charge in [0.2, 0.25) is 0 Å². The van der Waals surface area contributed by atoms with Crippen molar-refractivity contribution in [3.8, 4) is 0 Å². The Morgan fingerprint density at radius 2 is 2.06 bits per heavy atom. The predicted octanol–water partition coefficient (Wildman–Crippen LogP) is 4.06. The Hall–Kier alpha value is -3.07. The number of nitrogens with one attached hydrogen (secondary N) is 1. The molecule has 1 fully saturated rings. The number of H-pyrrole nitrogens is 1. The third-order valence-electron chi connectivity index (χ3n) is 6.97. The molecule has 188 valence electrons. The van der Waals surface area contributed by atoms with Crippen molar-refractivity contribution in [3.63, 3.8) is 0 Å². The molecule has 4 rings (SSSR count). The number of rotatable bonds is 10. The van der Waals surface area contributed by atoms with E-state index in [1.54, 1.807) is 11.6 Å². The summed E-state index contributed by atoms with van der Waals surface area (Å²) in [7, 11) is 0. The highest BCUT2D eigenvalue weighted by Crippen LogP contribution is 2.33. The molecule has 2 heterocycles. The number of benzene rings is 1. The number of hydrogen-bond donors (Lipinski definition) is 1. The maximum Gasteiger partial charge on any atom is 0.327 e. The van der Waals surface area contributed by atoms with Crippen LogP contribution in [0.3, 0.4) is 0 Å². The number of para-hydroxylation sites is 1. The fourth-order valence-electron chi connectivity index (χ4n) is 5.26. The molecule has 0 radical (unpaired) electrons. The predicted molar refractivity (Wildman–Crippen MR) is 134 cm³/mol. The van der Waals surface area contributed by atoms with E-state index in [1.807, 2.05) is 31.2 Å². The summed E-state index contributed by atoms with van der Waals surface area (Å²) < 4.78 is 6.69. The second kappa shape index (κ2) is 11.6. The molecule has 9 nitrogen and oxygen atoms in total. The number of tetrazole rings is 1. The Morgan fingerprint density at radius 3 is 2.80 bits per heavy atom. The molecule has 1 atom stereocenters. The van der Waals surface area contributed by atoms with Crippen LogP contribution < -0.4 is 5.56 Å². The monoisotopic (exact) mass is 480 g/mol. The standard InChI is InChI=1S/C26H36N6O3/c1-4-10-22(25-28-29-30-32(25)17-23(33)35-5-2)31(21-13-7-6-8-14-21)16-20-15-19-12-9-11-18(3)24(19)27-26(20)34/h9,11-12,15,21-22H,4-8,10,13-14,16-17H2,1-3H3,(H,27,34)/t22-/m1/s1. The average Bonchev–Trinajstić information content (AvgIpc) is 3.30. The lowest BCUT2D eigenvalue weighted by molar-refractivity contribution is -0.144. The molecule has 1 saturated carbocycles. The summed E-state index contributed by atoms with van der Waals surface area (Å²) in [6.07, 6.45) is 7.47. The van der Waals surface area contributed by atoms with Crippen molar-refractivity contribution in [2.24, 2.45) is 0 Å². The molecule has 0 bridgehead atoms. The van der Waals surface area contributed by atoms with Gasteiger partial charge in [0.15, 0.2) is 5.82 Å². The van der Waals surface area contributed by atoms with Gasteiger partial charge in [0, 0.05) is 18.2 Å². The van der Waals surface area contributed by atoms with Crippen molar-refractivity contribution in [3.05, 3.63) is 51.6 Å². The van der Waals surface area contributed by atoms with Gasteiger partial charge in [-0.25, -0.2) is 4.68 Å². The second-order valence-corrected chi connectivity index (χ2v) is 9.43. The van der Waals surface area contributed by atoms with Crippen LogP contribution in [0.2, 0.25) is 0 Å². The minimum atomic E-state index is -0.359.